The third-order valence-corrected chi connectivity index (χ3v) is 2.28. The highest BCUT2D eigenvalue weighted by Crippen LogP contribution is 2.18. The standard InChI is InChI=1S/C10H9N5O/c1-11-8-3-2-6-9(13-8)14-10(12-6)7-4-5-16-15-7/h2-5H,1H3,(H2,11,12,13,14). The van der Waals surface area contributed by atoms with E-state index in [1.807, 2.05) is 19.2 Å². The third-order valence-electron chi connectivity index (χ3n) is 2.28. The van der Waals surface area contributed by atoms with Crippen molar-refractivity contribution in [2.24, 2.45) is 0 Å². The molecule has 0 atom stereocenters. The Balaban J connectivity index is 2.16. The number of pyridine rings is 1. The molecule has 3 heterocycles. The maximum atomic E-state index is 4.77. The van der Waals surface area contributed by atoms with E-state index >= 15 is 0 Å². The van der Waals surface area contributed by atoms with Crippen LogP contribution in [0.25, 0.3) is 22.7 Å². The first-order chi connectivity index (χ1) is 7.86. The van der Waals surface area contributed by atoms with Crippen molar-refractivity contribution in [3.8, 4) is 11.5 Å². The number of rotatable bonds is 2. The van der Waals surface area contributed by atoms with Gasteiger partial charge >= 0.3 is 0 Å². The van der Waals surface area contributed by atoms with Gasteiger partial charge in [-0.25, -0.2) is 9.97 Å². The van der Waals surface area contributed by atoms with Crippen molar-refractivity contribution in [1.29, 1.82) is 0 Å². The van der Waals surface area contributed by atoms with Crippen LogP contribution in [0.1, 0.15) is 0 Å². The van der Waals surface area contributed by atoms with Gasteiger partial charge in [0.2, 0.25) is 0 Å². The van der Waals surface area contributed by atoms with E-state index in [-0.39, 0.29) is 0 Å². The lowest BCUT2D eigenvalue weighted by Crippen LogP contribution is -1.91. The van der Waals surface area contributed by atoms with Crippen LogP contribution in [0.4, 0.5) is 5.82 Å². The smallest absolute Gasteiger partial charge is 0.180 e. The normalized spacial score (nSPS) is 10.8. The summed E-state index contributed by atoms with van der Waals surface area (Å²) in [5.41, 5.74) is 2.20. The van der Waals surface area contributed by atoms with E-state index in [4.69, 9.17) is 4.52 Å². The summed E-state index contributed by atoms with van der Waals surface area (Å²) in [6.45, 7) is 0. The second kappa shape index (κ2) is 3.34. The molecule has 0 aliphatic rings. The Morgan fingerprint density at radius 1 is 1.25 bits per heavy atom. The molecular weight excluding hydrogens is 206 g/mol. The minimum atomic E-state index is 0.657. The van der Waals surface area contributed by atoms with Crippen molar-refractivity contribution in [2.75, 3.05) is 12.4 Å². The number of H-pyrrole nitrogens is 1. The predicted molar refractivity (Wildman–Crippen MR) is 58.9 cm³/mol. The molecule has 0 saturated carbocycles. The largest absolute Gasteiger partial charge is 0.373 e. The van der Waals surface area contributed by atoms with E-state index in [9.17, 15) is 0 Å². The number of nitrogens with zero attached hydrogens (tertiary/aromatic N) is 3. The SMILES string of the molecule is CNc1ccc2[nH]c(-c3ccon3)nc2n1. The Morgan fingerprint density at radius 2 is 2.19 bits per heavy atom. The van der Waals surface area contributed by atoms with Crippen LogP contribution >= 0.6 is 0 Å². The summed E-state index contributed by atoms with van der Waals surface area (Å²) in [6.07, 6.45) is 1.51. The van der Waals surface area contributed by atoms with Crippen LogP contribution in [-0.4, -0.2) is 27.2 Å². The van der Waals surface area contributed by atoms with Crippen molar-refractivity contribution < 1.29 is 4.52 Å². The quantitative estimate of drug-likeness (QED) is 0.679. The fraction of sp³-hybridized carbons (Fsp3) is 0.100. The van der Waals surface area contributed by atoms with Gasteiger partial charge in [0.1, 0.15) is 17.8 Å². The summed E-state index contributed by atoms with van der Waals surface area (Å²) < 4.78 is 4.77. The molecule has 0 aliphatic heterocycles. The van der Waals surface area contributed by atoms with Gasteiger partial charge in [0.25, 0.3) is 0 Å². The van der Waals surface area contributed by atoms with Crippen LogP contribution in [0.2, 0.25) is 0 Å². The fourth-order valence-electron chi connectivity index (χ4n) is 1.49. The lowest BCUT2D eigenvalue weighted by molar-refractivity contribution is 0.422. The van der Waals surface area contributed by atoms with Crippen molar-refractivity contribution in [3.63, 3.8) is 0 Å². The summed E-state index contributed by atoms with van der Waals surface area (Å²) in [5.74, 6) is 1.44. The Kier molecular flexibility index (Phi) is 1.86. The molecule has 3 aromatic rings. The molecule has 0 spiro atoms. The second-order valence-corrected chi connectivity index (χ2v) is 3.29. The van der Waals surface area contributed by atoms with E-state index in [2.05, 4.69) is 25.4 Å². The zero-order valence-electron chi connectivity index (χ0n) is 8.56. The molecular formula is C10H9N5O. The lowest BCUT2D eigenvalue weighted by Gasteiger charge is -1.95. The molecule has 0 radical (unpaired) electrons. The highest BCUT2D eigenvalue weighted by molar-refractivity contribution is 5.76. The Morgan fingerprint density at radius 3 is 2.94 bits per heavy atom. The molecule has 0 amide bonds. The topological polar surface area (TPSA) is 79.6 Å². The van der Waals surface area contributed by atoms with E-state index in [0.29, 0.717) is 17.2 Å². The number of aromatic nitrogens is 4. The highest BCUT2D eigenvalue weighted by Gasteiger charge is 2.08. The van der Waals surface area contributed by atoms with Gasteiger partial charge in [-0.05, 0) is 12.1 Å². The monoisotopic (exact) mass is 215 g/mol. The zero-order valence-corrected chi connectivity index (χ0v) is 8.56. The molecule has 3 aromatic heterocycles. The van der Waals surface area contributed by atoms with E-state index in [0.717, 1.165) is 11.3 Å². The van der Waals surface area contributed by atoms with Gasteiger partial charge in [0, 0.05) is 13.1 Å². The average Bonchev–Trinajstić information content (AvgIpc) is 2.96. The predicted octanol–water partition coefficient (Wildman–Crippen LogP) is 1.65. The number of hydrogen-bond donors (Lipinski definition) is 2. The van der Waals surface area contributed by atoms with E-state index in [1.165, 1.54) is 6.26 Å². The van der Waals surface area contributed by atoms with Crippen molar-refractivity contribution >= 4 is 17.0 Å². The van der Waals surface area contributed by atoms with Crippen molar-refractivity contribution in [3.05, 3.63) is 24.5 Å². The van der Waals surface area contributed by atoms with Gasteiger partial charge in [-0.15, -0.1) is 0 Å². The van der Waals surface area contributed by atoms with Gasteiger partial charge in [-0.2, -0.15) is 0 Å². The Labute approximate surface area is 90.7 Å². The van der Waals surface area contributed by atoms with Crippen LogP contribution in [0.15, 0.2) is 29.0 Å². The Hall–Kier alpha value is -2.37. The number of nitrogens with one attached hydrogen (secondary N) is 2. The maximum absolute atomic E-state index is 4.77. The van der Waals surface area contributed by atoms with Gasteiger partial charge in [0.15, 0.2) is 11.5 Å². The van der Waals surface area contributed by atoms with Gasteiger partial charge in [0.05, 0.1) is 5.52 Å². The molecule has 80 valence electrons. The second-order valence-electron chi connectivity index (χ2n) is 3.29. The Bertz CT molecular complexity index is 613. The highest BCUT2D eigenvalue weighted by atomic mass is 16.5. The first-order valence-electron chi connectivity index (χ1n) is 4.82. The van der Waals surface area contributed by atoms with E-state index < -0.39 is 0 Å². The maximum Gasteiger partial charge on any atom is 0.180 e. The number of aromatic amines is 1. The molecule has 0 saturated heterocycles. The molecule has 3 rings (SSSR count). The molecule has 0 unspecified atom stereocenters. The molecule has 6 heteroatoms. The van der Waals surface area contributed by atoms with Gasteiger partial charge in [-0.3, -0.25) is 0 Å². The van der Waals surface area contributed by atoms with Crippen LogP contribution in [0.3, 0.4) is 0 Å². The molecule has 0 aliphatic carbocycles. The lowest BCUT2D eigenvalue weighted by atomic mass is 10.4. The summed E-state index contributed by atoms with van der Waals surface area (Å²) in [7, 11) is 1.82. The fourth-order valence-corrected chi connectivity index (χ4v) is 1.49. The molecule has 0 fully saturated rings. The third kappa shape index (κ3) is 1.31. The van der Waals surface area contributed by atoms with Crippen molar-refractivity contribution in [1.82, 2.24) is 20.1 Å². The number of imidazole rings is 1. The van der Waals surface area contributed by atoms with Gasteiger partial charge in [-0.1, -0.05) is 5.16 Å². The molecule has 0 bridgehead atoms. The minimum Gasteiger partial charge on any atom is -0.373 e. The average molecular weight is 215 g/mol. The minimum absolute atomic E-state index is 0.657. The molecule has 2 N–H and O–H groups in total. The van der Waals surface area contributed by atoms with Crippen LogP contribution < -0.4 is 5.32 Å². The van der Waals surface area contributed by atoms with Crippen LogP contribution in [0.5, 0.6) is 0 Å². The summed E-state index contributed by atoms with van der Waals surface area (Å²) in [5, 5.41) is 6.78. The number of fused-ring (bicyclic) bond motifs is 1. The van der Waals surface area contributed by atoms with Crippen LogP contribution in [0, 0.1) is 0 Å². The van der Waals surface area contributed by atoms with E-state index in [1.54, 1.807) is 6.07 Å². The summed E-state index contributed by atoms with van der Waals surface area (Å²) in [6, 6.07) is 5.55. The molecule has 0 aromatic carbocycles. The van der Waals surface area contributed by atoms with Gasteiger partial charge < -0.3 is 14.8 Å². The first-order valence-corrected chi connectivity index (χ1v) is 4.82. The summed E-state index contributed by atoms with van der Waals surface area (Å²) >= 11 is 0. The number of anilines is 1. The van der Waals surface area contributed by atoms with Crippen LogP contribution in [-0.2, 0) is 0 Å². The first kappa shape index (κ1) is 8.90. The molecule has 16 heavy (non-hydrogen) atoms. The molecule has 6 nitrogen and oxygen atoms in total. The van der Waals surface area contributed by atoms with Crippen molar-refractivity contribution in [2.45, 2.75) is 0 Å². The summed E-state index contributed by atoms with van der Waals surface area (Å²) in [4.78, 5) is 11.8. The number of hydrogen-bond acceptors (Lipinski definition) is 5. The zero-order chi connectivity index (χ0) is 11.0.